The molecule has 0 bridgehead atoms. The first kappa shape index (κ1) is 18.0. The van der Waals surface area contributed by atoms with Gasteiger partial charge in [-0.15, -0.1) is 12.4 Å². The van der Waals surface area contributed by atoms with Crippen LogP contribution in [0.25, 0.3) is 0 Å². The van der Waals surface area contributed by atoms with Gasteiger partial charge in [-0.3, -0.25) is 4.90 Å². The van der Waals surface area contributed by atoms with E-state index in [1.54, 1.807) is 0 Å². The molecular weight excluding hydrogens is 316 g/mol. The van der Waals surface area contributed by atoms with E-state index in [0.717, 1.165) is 6.54 Å². The van der Waals surface area contributed by atoms with E-state index in [2.05, 4.69) is 27.1 Å². The van der Waals surface area contributed by atoms with Crippen LogP contribution in [0, 0.1) is 5.41 Å². The van der Waals surface area contributed by atoms with Crippen LogP contribution in [-0.2, 0) is 16.1 Å². The van der Waals surface area contributed by atoms with E-state index in [0.29, 0.717) is 11.2 Å². The van der Waals surface area contributed by atoms with Gasteiger partial charge >= 0.3 is 5.97 Å². The van der Waals surface area contributed by atoms with E-state index < -0.39 is 0 Å². The number of hydrogen-bond donors (Lipinski definition) is 1. The average Bonchev–Trinajstić information content (AvgIpc) is 3.16. The summed E-state index contributed by atoms with van der Waals surface area (Å²) in [6.07, 6.45) is 2.62. The van der Waals surface area contributed by atoms with Crippen LogP contribution in [-0.4, -0.2) is 50.8 Å². The van der Waals surface area contributed by atoms with Crippen LogP contribution in [0.2, 0.25) is 0 Å². The van der Waals surface area contributed by atoms with E-state index in [-0.39, 0.29) is 25.0 Å². The predicted octanol–water partition coefficient (Wildman–Crippen LogP) is 1.85. The molecule has 0 aromatic heterocycles. The summed E-state index contributed by atoms with van der Waals surface area (Å²) in [5.74, 6) is 0.337. The summed E-state index contributed by atoms with van der Waals surface area (Å²) in [6.45, 7) is 5.66. The van der Waals surface area contributed by atoms with Crippen LogP contribution < -0.4 is 10.1 Å². The van der Waals surface area contributed by atoms with Crippen LogP contribution >= 0.6 is 12.4 Å². The normalized spacial score (nSPS) is 23.7. The van der Waals surface area contributed by atoms with Gasteiger partial charge in [0.15, 0.2) is 6.61 Å². The highest BCUT2D eigenvalue weighted by atomic mass is 35.5. The Hall–Kier alpha value is -1.30. The zero-order valence-electron chi connectivity index (χ0n) is 13.5. The Morgan fingerprint density at radius 3 is 2.74 bits per heavy atom. The van der Waals surface area contributed by atoms with Gasteiger partial charge < -0.3 is 14.8 Å². The Kier molecular flexibility index (Phi) is 6.27. The quantitative estimate of drug-likeness (QED) is 0.829. The topological polar surface area (TPSA) is 50.8 Å². The van der Waals surface area contributed by atoms with Crippen molar-refractivity contribution in [2.45, 2.75) is 19.4 Å². The number of halogens is 1. The third kappa shape index (κ3) is 4.59. The predicted molar refractivity (Wildman–Crippen MR) is 91.0 cm³/mol. The molecule has 5 nitrogen and oxygen atoms in total. The first-order valence-electron chi connectivity index (χ1n) is 7.91. The number of nitrogens with one attached hydrogen (secondary N) is 1. The molecule has 1 aromatic carbocycles. The molecule has 0 aliphatic carbocycles. The summed E-state index contributed by atoms with van der Waals surface area (Å²) < 4.78 is 9.92. The summed E-state index contributed by atoms with van der Waals surface area (Å²) >= 11 is 0. The molecule has 23 heavy (non-hydrogen) atoms. The van der Waals surface area contributed by atoms with Gasteiger partial charge in [-0.05, 0) is 49.0 Å². The number of rotatable bonds is 5. The van der Waals surface area contributed by atoms with Gasteiger partial charge in [0.05, 0.1) is 7.11 Å². The largest absolute Gasteiger partial charge is 0.482 e. The Morgan fingerprint density at radius 2 is 2.09 bits per heavy atom. The van der Waals surface area contributed by atoms with Crippen molar-refractivity contribution in [1.82, 2.24) is 10.2 Å². The number of carbonyl (C=O) groups is 1. The molecule has 1 aromatic rings. The van der Waals surface area contributed by atoms with Crippen molar-refractivity contribution in [2.75, 3.05) is 39.9 Å². The second-order valence-electron chi connectivity index (χ2n) is 6.40. The van der Waals surface area contributed by atoms with Crippen LogP contribution in [0.4, 0.5) is 0 Å². The molecule has 1 unspecified atom stereocenters. The third-order valence-corrected chi connectivity index (χ3v) is 4.76. The van der Waals surface area contributed by atoms with Crippen molar-refractivity contribution in [3.8, 4) is 5.75 Å². The number of carbonyl (C=O) groups excluding carboxylic acids is 1. The Balaban J connectivity index is 0.00000192. The van der Waals surface area contributed by atoms with Crippen molar-refractivity contribution in [3.63, 3.8) is 0 Å². The van der Waals surface area contributed by atoms with Crippen molar-refractivity contribution in [2.24, 2.45) is 5.41 Å². The molecule has 0 amide bonds. The van der Waals surface area contributed by atoms with Crippen molar-refractivity contribution >= 4 is 18.4 Å². The van der Waals surface area contributed by atoms with Gasteiger partial charge in [-0.25, -0.2) is 4.79 Å². The molecule has 1 spiro atoms. The van der Waals surface area contributed by atoms with E-state index in [1.807, 2.05) is 12.1 Å². The smallest absolute Gasteiger partial charge is 0.343 e. The van der Waals surface area contributed by atoms with E-state index in [1.165, 1.54) is 51.7 Å². The molecule has 2 heterocycles. The minimum absolute atomic E-state index is 0. The lowest BCUT2D eigenvalue weighted by molar-refractivity contribution is -0.142. The second kappa shape index (κ2) is 7.99. The minimum atomic E-state index is -0.364. The highest BCUT2D eigenvalue weighted by Crippen LogP contribution is 2.36. The molecule has 1 N–H and O–H groups in total. The highest BCUT2D eigenvalue weighted by Gasteiger charge is 2.39. The maximum atomic E-state index is 11.0. The van der Waals surface area contributed by atoms with Crippen molar-refractivity contribution in [3.05, 3.63) is 29.8 Å². The fourth-order valence-electron chi connectivity index (χ4n) is 3.46. The van der Waals surface area contributed by atoms with E-state index >= 15 is 0 Å². The molecule has 2 saturated heterocycles. The van der Waals surface area contributed by atoms with Gasteiger partial charge in [-0.1, -0.05) is 12.1 Å². The lowest BCUT2D eigenvalue weighted by Crippen LogP contribution is -2.28. The Labute approximate surface area is 143 Å². The van der Waals surface area contributed by atoms with Crippen molar-refractivity contribution < 1.29 is 14.3 Å². The van der Waals surface area contributed by atoms with Crippen molar-refractivity contribution in [1.29, 1.82) is 0 Å². The molecule has 3 rings (SSSR count). The lowest BCUT2D eigenvalue weighted by Gasteiger charge is -2.22. The molecule has 2 aliphatic heterocycles. The summed E-state index contributed by atoms with van der Waals surface area (Å²) in [5, 5.41) is 3.49. The van der Waals surface area contributed by atoms with E-state index in [4.69, 9.17) is 4.74 Å². The fourth-order valence-corrected chi connectivity index (χ4v) is 3.46. The molecule has 128 valence electrons. The molecule has 6 heteroatoms. The average molecular weight is 341 g/mol. The number of nitrogens with zero attached hydrogens (tertiary/aromatic N) is 1. The monoisotopic (exact) mass is 340 g/mol. The number of methoxy groups -OCH3 is 1. The zero-order chi connectivity index (χ0) is 15.4. The minimum Gasteiger partial charge on any atom is -0.482 e. The standard InChI is InChI=1S/C17H24N2O3.ClH/c1-21-16(20)11-22-15-4-2-14(3-5-15)10-19-9-7-17(13-19)6-8-18-12-17;/h2-5,18H,6-13H2,1H3;1H. The molecule has 2 aliphatic rings. The summed E-state index contributed by atoms with van der Waals surface area (Å²) in [5.41, 5.74) is 1.80. The van der Waals surface area contributed by atoms with Crippen LogP contribution in [0.5, 0.6) is 5.75 Å². The lowest BCUT2D eigenvalue weighted by atomic mass is 9.86. The van der Waals surface area contributed by atoms with Gasteiger partial charge in [0.2, 0.25) is 0 Å². The summed E-state index contributed by atoms with van der Waals surface area (Å²) in [7, 11) is 1.36. The van der Waals surface area contributed by atoms with Gasteiger partial charge in [0, 0.05) is 19.6 Å². The SMILES string of the molecule is COC(=O)COc1ccc(CN2CCC3(CCNC3)C2)cc1.Cl. The second-order valence-corrected chi connectivity index (χ2v) is 6.40. The zero-order valence-corrected chi connectivity index (χ0v) is 14.4. The number of ether oxygens (including phenoxy) is 2. The molecule has 0 radical (unpaired) electrons. The number of hydrogen-bond acceptors (Lipinski definition) is 5. The Morgan fingerprint density at radius 1 is 1.30 bits per heavy atom. The maximum Gasteiger partial charge on any atom is 0.343 e. The maximum absolute atomic E-state index is 11.0. The summed E-state index contributed by atoms with van der Waals surface area (Å²) in [6, 6.07) is 7.98. The van der Waals surface area contributed by atoms with Gasteiger partial charge in [0.25, 0.3) is 0 Å². The van der Waals surface area contributed by atoms with Crippen LogP contribution in [0.3, 0.4) is 0 Å². The van der Waals surface area contributed by atoms with E-state index in [9.17, 15) is 4.79 Å². The van der Waals surface area contributed by atoms with Crippen LogP contribution in [0.15, 0.2) is 24.3 Å². The number of benzene rings is 1. The highest BCUT2D eigenvalue weighted by molar-refractivity contribution is 5.85. The number of likely N-dealkylation sites (tertiary alicyclic amines) is 1. The molecule has 1 atom stereocenters. The number of esters is 1. The summed E-state index contributed by atoms with van der Waals surface area (Å²) in [4.78, 5) is 13.6. The van der Waals surface area contributed by atoms with Crippen LogP contribution in [0.1, 0.15) is 18.4 Å². The fraction of sp³-hybridized carbons (Fsp3) is 0.588. The van der Waals surface area contributed by atoms with Gasteiger partial charge in [-0.2, -0.15) is 0 Å². The third-order valence-electron chi connectivity index (χ3n) is 4.76. The van der Waals surface area contributed by atoms with Gasteiger partial charge in [0.1, 0.15) is 5.75 Å². The molecule has 0 saturated carbocycles. The molecular formula is C17H25ClN2O3. The Bertz CT molecular complexity index is 515. The first-order valence-corrected chi connectivity index (χ1v) is 7.91. The first-order chi connectivity index (χ1) is 10.7. The molecule has 2 fully saturated rings.